The van der Waals surface area contributed by atoms with Gasteiger partial charge in [0.15, 0.2) is 0 Å². The van der Waals surface area contributed by atoms with Crippen LogP contribution in [0.4, 0.5) is 0 Å². The molecular formula is C50H99NO5. The molecule has 0 heterocycles. The van der Waals surface area contributed by atoms with E-state index in [1.54, 1.807) is 0 Å². The minimum Gasteiger partial charge on any atom is -0.462 e. The van der Waals surface area contributed by atoms with Gasteiger partial charge in [-0.3, -0.25) is 9.59 Å². The van der Waals surface area contributed by atoms with Crippen molar-refractivity contribution in [1.82, 2.24) is 5.32 Å². The summed E-state index contributed by atoms with van der Waals surface area (Å²) in [5.74, 6) is -0.458. The Hall–Kier alpha value is -1.14. The van der Waals surface area contributed by atoms with Crippen molar-refractivity contribution in [2.24, 2.45) is 0 Å². The molecule has 0 rings (SSSR count). The van der Waals surface area contributed by atoms with Gasteiger partial charge in [0.05, 0.1) is 25.2 Å². The van der Waals surface area contributed by atoms with Crippen LogP contribution < -0.4 is 5.32 Å². The molecule has 0 saturated carbocycles. The normalized spacial score (nSPS) is 13.2. The molecule has 3 unspecified atom stereocenters. The third-order valence-corrected chi connectivity index (χ3v) is 11.9. The first-order valence-corrected chi connectivity index (χ1v) is 25.3. The minimum absolute atomic E-state index is 0.0859. The van der Waals surface area contributed by atoms with Gasteiger partial charge in [0.25, 0.3) is 0 Å². The van der Waals surface area contributed by atoms with Crippen molar-refractivity contribution in [2.75, 3.05) is 6.61 Å². The van der Waals surface area contributed by atoms with Crippen LogP contribution in [0.25, 0.3) is 0 Å². The average molecular weight is 794 g/mol. The molecule has 0 aliphatic carbocycles. The zero-order chi connectivity index (χ0) is 41.0. The highest BCUT2D eigenvalue weighted by Gasteiger charge is 2.24. The molecule has 0 aromatic carbocycles. The summed E-state index contributed by atoms with van der Waals surface area (Å²) in [7, 11) is 0. The smallest absolute Gasteiger partial charge is 0.306 e. The predicted molar refractivity (Wildman–Crippen MR) is 241 cm³/mol. The van der Waals surface area contributed by atoms with E-state index in [1.807, 2.05) is 0 Å². The zero-order valence-corrected chi connectivity index (χ0v) is 38.0. The summed E-state index contributed by atoms with van der Waals surface area (Å²) in [5.41, 5.74) is 0. The third kappa shape index (κ3) is 39.7. The Balaban J connectivity index is 4.32. The Labute approximate surface area is 349 Å². The summed E-state index contributed by atoms with van der Waals surface area (Å²) in [6.07, 6.45) is 47.5. The highest BCUT2D eigenvalue weighted by molar-refractivity contribution is 5.77. The number of rotatable bonds is 46. The van der Waals surface area contributed by atoms with Crippen LogP contribution in [0.2, 0.25) is 0 Å². The van der Waals surface area contributed by atoms with E-state index in [9.17, 15) is 19.8 Å². The number of aliphatic hydroxyl groups excluding tert-OH is 2. The van der Waals surface area contributed by atoms with Crippen molar-refractivity contribution < 1.29 is 24.5 Å². The molecular weight excluding hydrogens is 695 g/mol. The number of hydrogen-bond donors (Lipinski definition) is 3. The Morgan fingerprint density at radius 1 is 0.446 bits per heavy atom. The van der Waals surface area contributed by atoms with Crippen molar-refractivity contribution in [3.8, 4) is 0 Å². The van der Waals surface area contributed by atoms with Gasteiger partial charge in [0.1, 0.15) is 6.10 Å². The molecule has 0 spiro atoms. The second kappa shape index (κ2) is 45.0. The first-order valence-electron chi connectivity index (χ1n) is 25.3. The van der Waals surface area contributed by atoms with Crippen LogP contribution in [-0.4, -0.2) is 46.9 Å². The maximum Gasteiger partial charge on any atom is 0.306 e. The quantitative estimate of drug-likeness (QED) is 0.0421. The van der Waals surface area contributed by atoms with Crippen molar-refractivity contribution >= 4 is 11.9 Å². The van der Waals surface area contributed by atoms with E-state index >= 15 is 0 Å². The molecule has 3 N–H and O–H groups in total. The molecule has 0 aliphatic rings. The van der Waals surface area contributed by atoms with Gasteiger partial charge in [0, 0.05) is 6.42 Å². The van der Waals surface area contributed by atoms with E-state index in [-0.39, 0.29) is 24.9 Å². The monoisotopic (exact) mass is 794 g/mol. The summed E-state index contributed by atoms with van der Waals surface area (Å²) in [4.78, 5) is 26.0. The third-order valence-electron chi connectivity index (χ3n) is 11.9. The topological polar surface area (TPSA) is 95.9 Å². The van der Waals surface area contributed by atoms with E-state index in [4.69, 9.17) is 4.74 Å². The highest BCUT2D eigenvalue weighted by atomic mass is 16.5. The molecule has 0 aromatic rings. The van der Waals surface area contributed by atoms with Crippen LogP contribution >= 0.6 is 0 Å². The van der Waals surface area contributed by atoms with Gasteiger partial charge in [-0.25, -0.2) is 0 Å². The number of amides is 1. The molecule has 334 valence electrons. The molecule has 0 radical (unpaired) electrons. The number of aliphatic hydroxyl groups is 2. The van der Waals surface area contributed by atoms with Gasteiger partial charge in [0.2, 0.25) is 5.91 Å². The van der Waals surface area contributed by atoms with E-state index in [0.29, 0.717) is 19.3 Å². The van der Waals surface area contributed by atoms with E-state index < -0.39 is 18.2 Å². The fraction of sp³-hybridized carbons (Fsp3) is 0.960. The van der Waals surface area contributed by atoms with Gasteiger partial charge < -0.3 is 20.3 Å². The lowest BCUT2D eigenvalue weighted by Gasteiger charge is -2.24. The lowest BCUT2D eigenvalue weighted by molar-refractivity contribution is -0.151. The molecule has 0 aromatic heterocycles. The van der Waals surface area contributed by atoms with Gasteiger partial charge in [-0.2, -0.15) is 0 Å². The molecule has 6 heteroatoms. The van der Waals surface area contributed by atoms with Crippen molar-refractivity contribution in [1.29, 1.82) is 0 Å². The van der Waals surface area contributed by atoms with Crippen molar-refractivity contribution in [3.63, 3.8) is 0 Å². The lowest BCUT2D eigenvalue weighted by Crippen LogP contribution is -2.46. The fourth-order valence-corrected chi connectivity index (χ4v) is 8.08. The largest absolute Gasteiger partial charge is 0.462 e. The van der Waals surface area contributed by atoms with Gasteiger partial charge in [-0.15, -0.1) is 0 Å². The molecule has 1 amide bonds. The zero-order valence-electron chi connectivity index (χ0n) is 38.0. The number of unbranched alkanes of at least 4 members (excludes halogenated alkanes) is 34. The maximum absolute atomic E-state index is 13.1. The highest BCUT2D eigenvalue weighted by Crippen LogP contribution is 2.18. The lowest BCUT2D eigenvalue weighted by atomic mass is 10.0. The van der Waals surface area contributed by atoms with E-state index in [2.05, 4.69) is 26.1 Å². The molecule has 3 atom stereocenters. The molecule has 0 bridgehead atoms. The van der Waals surface area contributed by atoms with Crippen LogP contribution in [0.1, 0.15) is 284 Å². The number of nitrogens with one attached hydrogen (secondary N) is 1. The predicted octanol–water partition coefficient (Wildman–Crippen LogP) is 14.8. The molecule has 0 saturated heterocycles. The first kappa shape index (κ1) is 54.9. The second-order valence-corrected chi connectivity index (χ2v) is 17.6. The van der Waals surface area contributed by atoms with Crippen LogP contribution in [-0.2, 0) is 14.3 Å². The summed E-state index contributed by atoms with van der Waals surface area (Å²) in [5, 5.41) is 23.7. The van der Waals surface area contributed by atoms with Crippen LogP contribution in [0.5, 0.6) is 0 Å². The number of ether oxygens (including phenoxy) is 1. The van der Waals surface area contributed by atoms with Crippen molar-refractivity contribution in [3.05, 3.63) is 0 Å². The summed E-state index contributed by atoms with van der Waals surface area (Å²) >= 11 is 0. The van der Waals surface area contributed by atoms with Gasteiger partial charge in [-0.05, 0) is 25.7 Å². The van der Waals surface area contributed by atoms with Gasteiger partial charge in [-0.1, -0.05) is 245 Å². The number of carbonyl (C=O) groups is 2. The molecule has 56 heavy (non-hydrogen) atoms. The first-order chi connectivity index (χ1) is 27.5. The number of hydrogen-bond acceptors (Lipinski definition) is 5. The minimum atomic E-state index is -0.777. The van der Waals surface area contributed by atoms with Crippen molar-refractivity contribution in [2.45, 2.75) is 302 Å². The number of carbonyl (C=O) groups excluding carboxylic acids is 2. The van der Waals surface area contributed by atoms with Crippen LogP contribution in [0.3, 0.4) is 0 Å². The summed E-state index contributed by atoms with van der Waals surface area (Å²) in [6.45, 7) is 6.48. The fourth-order valence-electron chi connectivity index (χ4n) is 8.08. The molecule has 0 aliphatic heterocycles. The Morgan fingerprint density at radius 2 is 0.750 bits per heavy atom. The summed E-state index contributed by atoms with van der Waals surface area (Å²) < 4.78 is 5.90. The van der Waals surface area contributed by atoms with Crippen LogP contribution in [0, 0.1) is 0 Å². The molecule has 0 fully saturated rings. The van der Waals surface area contributed by atoms with Crippen LogP contribution in [0.15, 0.2) is 0 Å². The van der Waals surface area contributed by atoms with Gasteiger partial charge >= 0.3 is 5.97 Å². The Morgan fingerprint density at radius 3 is 1.09 bits per heavy atom. The second-order valence-electron chi connectivity index (χ2n) is 17.6. The number of esters is 1. The molecule has 6 nitrogen and oxygen atoms in total. The standard InChI is InChI=1S/C50H99NO5/c1-4-7-10-13-16-18-20-22-24-25-27-29-31-34-37-40-43-50(55)56-46(41-38-35-32-15-12-9-6-3)44-49(54)51-47(45-52)48(53)42-39-36-33-30-28-26-23-21-19-17-14-11-8-5-2/h46-48,52-53H,4-45H2,1-3H3,(H,51,54). The van der Waals surface area contributed by atoms with E-state index in [1.165, 1.54) is 199 Å². The summed E-state index contributed by atoms with van der Waals surface area (Å²) in [6, 6.07) is -0.690. The SMILES string of the molecule is CCCCCCCCCCCCCCCCCCC(=O)OC(CCCCCCCCC)CC(=O)NC(CO)C(O)CCCCCCCCCCCCCCCC. The maximum atomic E-state index is 13.1. The Kier molecular flexibility index (Phi) is 44.0. The van der Waals surface area contributed by atoms with E-state index in [0.717, 1.165) is 38.5 Å². The average Bonchev–Trinajstić information content (AvgIpc) is 3.19. The Bertz CT molecular complexity index is 806.